The van der Waals surface area contributed by atoms with E-state index in [0.717, 1.165) is 55.1 Å². The Balaban J connectivity index is 1.57. The summed E-state index contributed by atoms with van der Waals surface area (Å²) in [7, 11) is 5.75. The number of hydrogen-bond donors (Lipinski definition) is 1. The standard InChI is InChI=1S/C22H30FN5O/c1-24-20-14-18(25-22(26-20)19-7-5-13-27(19)2)15-28(3)21(29)8-4-6-16-9-11-17(23)12-10-16/h9-12,14,19H,4-8,13,15H2,1-3H3,(H,24,25,26)/t19-/m0/s1. The molecule has 156 valence electrons. The summed E-state index contributed by atoms with van der Waals surface area (Å²) in [5.41, 5.74) is 1.88. The third-order valence-corrected chi connectivity index (χ3v) is 5.47. The highest BCUT2D eigenvalue weighted by atomic mass is 19.1. The van der Waals surface area contributed by atoms with Gasteiger partial charge in [0.15, 0.2) is 0 Å². The van der Waals surface area contributed by atoms with E-state index < -0.39 is 0 Å². The molecule has 1 N–H and O–H groups in total. The number of anilines is 1. The predicted molar refractivity (Wildman–Crippen MR) is 112 cm³/mol. The van der Waals surface area contributed by atoms with Crippen LogP contribution >= 0.6 is 0 Å². The first-order valence-corrected chi connectivity index (χ1v) is 10.2. The van der Waals surface area contributed by atoms with Gasteiger partial charge < -0.3 is 10.2 Å². The molecule has 1 aromatic carbocycles. The number of rotatable bonds is 8. The highest BCUT2D eigenvalue weighted by Gasteiger charge is 2.26. The molecule has 1 aliphatic heterocycles. The van der Waals surface area contributed by atoms with E-state index in [2.05, 4.69) is 22.2 Å². The Hall–Kier alpha value is -2.54. The van der Waals surface area contributed by atoms with E-state index in [1.54, 1.807) is 17.0 Å². The number of aryl methyl sites for hydroxylation is 1. The van der Waals surface area contributed by atoms with Crippen LogP contribution in [0.3, 0.4) is 0 Å². The van der Waals surface area contributed by atoms with Crippen molar-refractivity contribution in [3.8, 4) is 0 Å². The fraction of sp³-hybridized carbons (Fsp3) is 0.500. The maximum absolute atomic E-state index is 13.0. The van der Waals surface area contributed by atoms with Gasteiger partial charge in [-0.25, -0.2) is 14.4 Å². The van der Waals surface area contributed by atoms with Crippen LogP contribution < -0.4 is 5.32 Å². The van der Waals surface area contributed by atoms with E-state index in [9.17, 15) is 9.18 Å². The number of halogens is 1. The number of carbonyl (C=O) groups is 1. The van der Waals surface area contributed by atoms with Gasteiger partial charge in [0.1, 0.15) is 17.5 Å². The van der Waals surface area contributed by atoms with Crippen molar-refractivity contribution in [2.75, 3.05) is 33.0 Å². The van der Waals surface area contributed by atoms with Crippen LogP contribution in [0.25, 0.3) is 0 Å². The fourth-order valence-corrected chi connectivity index (χ4v) is 3.73. The van der Waals surface area contributed by atoms with Crippen molar-refractivity contribution in [1.82, 2.24) is 19.8 Å². The molecule has 0 unspecified atom stereocenters. The molecule has 0 radical (unpaired) electrons. The summed E-state index contributed by atoms with van der Waals surface area (Å²) >= 11 is 0. The van der Waals surface area contributed by atoms with Crippen molar-refractivity contribution in [3.63, 3.8) is 0 Å². The van der Waals surface area contributed by atoms with Crippen molar-refractivity contribution < 1.29 is 9.18 Å². The Kier molecular flexibility index (Phi) is 7.14. The summed E-state index contributed by atoms with van der Waals surface area (Å²) in [6.45, 7) is 1.51. The zero-order valence-corrected chi connectivity index (χ0v) is 17.5. The highest BCUT2D eigenvalue weighted by Crippen LogP contribution is 2.29. The molecule has 0 aliphatic carbocycles. The zero-order chi connectivity index (χ0) is 20.8. The monoisotopic (exact) mass is 399 g/mol. The molecule has 1 amide bonds. The molecule has 0 spiro atoms. The molecule has 29 heavy (non-hydrogen) atoms. The van der Waals surface area contributed by atoms with E-state index in [1.165, 1.54) is 12.1 Å². The molecule has 6 nitrogen and oxygen atoms in total. The number of hydrogen-bond acceptors (Lipinski definition) is 5. The minimum Gasteiger partial charge on any atom is -0.373 e. The average Bonchev–Trinajstić information content (AvgIpc) is 3.15. The zero-order valence-electron chi connectivity index (χ0n) is 17.5. The van der Waals surface area contributed by atoms with Crippen LogP contribution in [0.1, 0.15) is 48.8 Å². The van der Waals surface area contributed by atoms with Crippen LogP contribution in [0, 0.1) is 5.82 Å². The van der Waals surface area contributed by atoms with Gasteiger partial charge in [0.25, 0.3) is 0 Å². The number of amides is 1. The Morgan fingerprint density at radius 2 is 2.07 bits per heavy atom. The van der Waals surface area contributed by atoms with Gasteiger partial charge in [-0.1, -0.05) is 12.1 Å². The summed E-state index contributed by atoms with van der Waals surface area (Å²) in [5.74, 6) is 1.45. The lowest BCUT2D eigenvalue weighted by Gasteiger charge is -2.21. The second kappa shape index (κ2) is 9.78. The SMILES string of the molecule is CNc1cc(CN(C)C(=O)CCCc2ccc(F)cc2)nc([C@@H]2CCCN2C)n1. The summed E-state index contributed by atoms with van der Waals surface area (Å²) in [4.78, 5) is 25.9. The summed E-state index contributed by atoms with van der Waals surface area (Å²) < 4.78 is 13.0. The lowest BCUT2D eigenvalue weighted by Crippen LogP contribution is -2.27. The number of likely N-dealkylation sites (tertiary alicyclic amines) is 1. The molecule has 1 fully saturated rings. The van der Waals surface area contributed by atoms with Crippen LogP contribution in [-0.2, 0) is 17.8 Å². The van der Waals surface area contributed by atoms with E-state index >= 15 is 0 Å². The number of aromatic nitrogens is 2. The van der Waals surface area contributed by atoms with Crippen LogP contribution in [0.15, 0.2) is 30.3 Å². The first kappa shape index (κ1) is 21.2. The molecule has 1 aromatic heterocycles. The number of nitrogens with one attached hydrogen (secondary N) is 1. The Labute approximate surface area is 172 Å². The average molecular weight is 400 g/mol. The minimum atomic E-state index is -0.237. The van der Waals surface area contributed by atoms with Crippen LogP contribution in [-0.4, -0.2) is 53.4 Å². The highest BCUT2D eigenvalue weighted by molar-refractivity contribution is 5.75. The first-order chi connectivity index (χ1) is 14.0. The van der Waals surface area contributed by atoms with Gasteiger partial charge in [-0.05, 0) is 57.0 Å². The van der Waals surface area contributed by atoms with Crippen LogP contribution in [0.5, 0.6) is 0 Å². The normalized spacial score (nSPS) is 16.8. The fourth-order valence-electron chi connectivity index (χ4n) is 3.73. The second-order valence-electron chi connectivity index (χ2n) is 7.72. The molecule has 2 aromatic rings. The van der Waals surface area contributed by atoms with Crippen LogP contribution in [0.4, 0.5) is 10.2 Å². The lowest BCUT2D eigenvalue weighted by atomic mass is 10.1. The van der Waals surface area contributed by atoms with Gasteiger partial charge in [-0.3, -0.25) is 9.69 Å². The summed E-state index contributed by atoms with van der Waals surface area (Å²) in [6.07, 6.45) is 4.15. The smallest absolute Gasteiger partial charge is 0.222 e. The Bertz CT molecular complexity index is 826. The number of carbonyl (C=O) groups excluding carboxylic acids is 1. The third-order valence-electron chi connectivity index (χ3n) is 5.47. The Morgan fingerprint density at radius 1 is 1.31 bits per heavy atom. The molecule has 3 rings (SSSR count). The van der Waals surface area contributed by atoms with E-state index in [4.69, 9.17) is 4.98 Å². The first-order valence-electron chi connectivity index (χ1n) is 10.2. The summed E-state index contributed by atoms with van der Waals surface area (Å²) in [6, 6.07) is 8.59. The van der Waals surface area contributed by atoms with Gasteiger partial charge in [0, 0.05) is 26.6 Å². The molecule has 0 bridgehead atoms. The van der Waals surface area contributed by atoms with Gasteiger partial charge in [0.2, 0.25) is 5.91 Å². The molecule has 7 heteroatoms. The summed E-state index contributed by atoms with van der Waals surface area (Å²) in [5, 5.41) is 3.11. The molecule has 1 aliphatic rings. The maximum Gasteiger partial charge on any atom is 0.222 e. The number of nitrogens with zero attached hydrogens (tertiary/aromatic N) is 4. The lowest BCUT2D eigenvalue weighted by molar-refractivity contribution is -0.130. The van der Waals surface area contributed by atoms with Gasteiger partial charge >= 0.3 is 0 Å². The van der Waals surface area contributed by atoms with Crippen molar-refractivity contribution in [3.05, 3.63) is 53.2 Å². The molecular weight excluding hydrogens is 369 g/mol. The van der Waals surface area contributed by atoms with Gasteiger partial charge in [-0.15, -0.1) is 0 Å². The molecule has 0 saturated carbocycles. The number of benzene rings is 1. The molecule has 1 saturated heterocycles. The molecule has 2 heterocycles. The molecule has 1 atom stereocenters. The Morgan fingerprint density at radius 3 is 2.72 bits per heavy atom. The van der Waals surface area contributed by atoms with Gasteiger partial charge in [-0.2, -0.15) is 0 Å². The predicted octanol–water partition coefficient (Wildman–Crippen LogP) is 3.41. The van der Waals surface area contributed by atoms with Crippen molar-refractivity contribution >= 4 is 11.7 Å². The minimum absolute atomic E-state index is 0.0799. The second-order valence-corrected chi connectivity index (χ2v) is 7.72. The van der Waals surface area contributed by atoms with E-state index in [0.29, 0.717) is 13.0 Å². The largest absolute Gasteiger partial charge is 0.373 e. The quantitative estimate of drug-likeness (QED) is 0.737. The van der Waals surface area contributed by atoms with Crippen molar-refractivity contribution in [1.29, 1.82) is 0 Å². The van der Waals surface area contributed by atoms with Crippen LogP contribution in [0.2, 0.25) is 0 Å². The third kappa shape index (κ3) is 5.73. The van der Waals surface area contributed by atoms with Crippen molar-refractivity contribution in [2.45, 2.75) is 44.7 Å². The van der Waals surface area contributed by atoms with Crippen molar-refractivity contribution in [2.24, 2.45) is 0 Å². The van der Waals surface area contributed by atoms with E-state index in [1.807, 2.05) is 20.2 Å². The topological polar surface area (TPSA) is 61.4 Å². The molecular formula is C22H30FN5O. The van der Waals surface area contributed by atoms with Gasteiger partial charge in [0.05, 0.1) is 18.3 Å². The van der Waals surface area contributed by atoms with E-state index in [-0.39, 0.29) is 17.8 Å². The maximum atomic E-state index is 13.0.